The summed E-state index contributed by atoms with van der Waals surface area (Å²) < 4.78 is 5.26. The van der Waals surface area contributed by atoms with Crippen molar-refractivity contribution in [3.05, 3.63) is 29.3 Å². The number of ketones is 1. The van der Waals surface area contributed by atoms with Crippen LogP contribution in [0.5, 0.6) is 5.75 Å². The zero-order chi connectivity index (χ0) is 15.0. The van der Waals surface area contributed by atoms with E-state index < -0.39 is 0 Å². The average molecular weight is 287 g/mol. The molecule has 3 nitrogen and oxygen atoms in total. The van der Waals surface area contributed by atoms with Gasteiger partial charge in [-0.2, -0.15) is 0 Å². The van der Waals surface area contributed by atoms with Crippen LogP contribution in [0.3, 0.4) is 0 Å². The van der Waals surface area contributed by atoms with E-state index in [1.807, 2.05) is 12.1 Å². The van der Waals surface area contributed by atoms with Crippen LogP contribution >= 0.6 is 0 Å². The number of hydrogen-bond donors (Lipinski definition) is 0. The smallest absolute Gasteiger partial charge is 0.169 e. The number of carbonyl (C=O) groups is 1. The molecule has 1 aliphatic carbocycles. The maximum atomic E-state index is 12.9. The summed E-state index contributed by atoms with van der Waals surface area (Å²) in [7, 11) is 1.65. The molecule has 1 aromatic carbocycles. The van der Waals surface area contributed by atoms with Gasteiger partial charge in [0.2, 0.25) is 0 Å². The first-order valence-electron chi connectivity index (χ1n) is 7.98. The standard InChI is InChI=1S/C18H25NO2/c1-13(2)12-19-8-6-18(7-9-19)11-14-4-5-15(21-3)10-16(14)17(18)20/h4-5,10,13H,6-9,11-12H2,1-3H3. The molecule has 1 fully saturated rings. The van der Waals surface area contributed by atoms with Crippen LogP contribution in [0, 0.1) is 11.3 Å². The molecule has 0 aromatic heterocycles. The van der Waals surface area contributed by atoms with Crippen molar-refractivity contribution in [2.24, 2.45) is 11.3 Å². The highest BCUT2D eigenvalue weighted by atomic mass is 16.5. The van der Waals surface area contributed by atoms with E-state index in [1.165, 1.54) is 5.56 Å². The number of rotatable bonds is 3. The van der Waals surface area contributed by atoms with E-state index in [9.17, 15) is 4.79 Å². The molecule has 1 saturated heterocycles. The van der Waals surface area contributed by atoms with Gasteiger partial charge < -0.3 is 9.64 Å². The second-order valence-electron chi connectivity index (χ2n) is 7.00. The summed E-state index contributed by atoms with van der Waals surface area (Å²) in [6, 6.07) is 5.97. The lowest BCUT2D eigenvalue weighted by molar-refractivity contribution is 0.0617. The zero-order valence-corrected chi connectivity index (χ0v) is 13.3. The molecule has 1 aromatic rings. The molecule has 0 radical (unpaired) electrons. The molecular weight excluding hydrogens is 262 g/mol. The lowest BCUT2D eigenvalue weighted by Crippen LogP contribution is -2.44. The van der Waals surface area contributed by atoms with Gasteiger partial charge in [0.25, 0.3) is 0 Å². The molecule has 114 valence electrons. The Hall–Kier alpha value is -1.35. The fourth-order valence-corrected chi connectivity index (χ4v) is 3.86. The van der Waals surface area contributed by atoms with E-state index in [-0.39, 0.29) is 5.41 Å². The summed E-state index contributed by atoms with van der Waals surface area (Å²) in [4.78, 5) is 15.4. The molecule has 0 N–H and O–H groups in total. The number of Topliss-reactive ketones (excluding diaryl/α,β-unsaturated/α-hetero) is 1. The number of carbonyl (C=O) groups excluding carboxylic acids is 1. The second kappa shape index (κ2) is 5.45. The van der Waals surface area contributed by atoms with Crippen LogP contribution in [-0.2, 0) is 6.42 Å². The van der Waals surface area contributed by atoms with Crippen molar-refractivity contribution in [1.82, 2.24) is 4.90 Å². The Morgan fingerprint density at radius 3 is 2.62 bits per heavy atom. The van der Waals surface area contributed by atoms with Gasteiger partial charge in [0.1, 0.15) is 5.75 Å². The van der Waals surface area contributed by atoms with Crippen LogP contribution in [0.4, 0.5) is 0 Å². The summed E-state index contributed by atoms with van der Waals surface area (Å²) in [5.74, 6) is 1.83. The quantitative estimate of drug-likeness (QED) is 0.855. The Morgan fingerprint density at radius 1 is 1.29 bits per heavy atom. The number of nitrogens with zero attached hydrogens (tertiary/aromatic N) is 1. The number of piperidine rings is 1. The minimum atomic E-state index is -0.137. The summed E-state index contributed by atoms with van der Waals surface area (Å²) >= 11 is 0. The van der Waals surface area contributed by atoms with Crippen LogP contribution in [0.2, 0.25) is 0 Å². The van der Waals surface area contributed by atoms with Gasteiger partial charge >= 0.3 is 0 Å². The molecule has 0 bridgehead atoms. The third-order valence-corrected chi connectivity index (χ3v) is 5.01. The summed E-state index contributed by atoms with van der Waals surface area (Å²) in [6.45, 7) is 7.76. The first-order chi connectivity index (χ1) is 10.0. The van der Waals surface area contributed by atoms with Gasteiger partial charge in [-0.25, -0.2) is 0 Å². The molecule has 1 spiro atoms. The van der Waals surface area contributed by atoms with E-state index >= 15 is 0 Å². The number of ether oxygens (including phenoxy) is 1. The van der Waals surface area contributed by atoms with Crippen molar-refractivity contribution in [1.29, 1.82) is 0 Å². The van der Waals surface area contributed by atoms with Crippen molar-refractivity contribution >= 4 is 5.78 Å². The molecule has 1 heterocycles. The van der Waals surface area contributed by atoms with Gasteiger partial charge in [0, 0.05) is 17.5 Å². The monoisotopic (exact) mass is 287 g/mol. The Kier molecular flexibility index (Phi) is 3.78. The van der Waals surface area contributed by atoms with Gasteiger partial charge in [0.15, 0.2) is 5.78 Å². The average Bonchev–Trinajstić information content (AvgIpc) is 2.74. The molecule has 3 rings (SSSR count). The predicted molar refractivity (Wildman–Crippen MR) is 84.0 cm³/mol. The molecule has 0 amide bonds. The highest BCUT2D eigenvalue weighted by Gasteiger charge is 2.47. The van der Waals surface area contributed by atoms with Gasteiger partial charge in [-0.1, -0.05) is 19.9 Å². The van der Waals surface area contributed by atoms with Gasteiger partial charge in [-0.05, 0) is 56.0 Å². The van der Waals surface area contributed by atoms with Crippen LogP contribution in [0.25, 0.3) is 0 Å². The van der Waals surface area contributed by atoms with Crippen LogP contribution in [0.15, 0.2) is 18.2 Å². The van der Waals surface area contributed by atoms with Crippen molar-refractivity contribution < 1.29 is 9.53 Å². The zero-order valence-electron chi connectivity index (χ0n) is 13.3. The maximum absolute atomic E-state index is 12.9. The molecule has 0 saturated carbocycles. The van der Waals surface area contributed by atoms with Crippen molar-refractivity contribution in [2.45, 2.75) is 33.1 Å². The van der Waals surface area contributed by atoms with E-state index in [0.29, 0.717) is 11.7 Å². The van der Waals surface area contributed by atoms with Crippen molar-refractivity contribution in [3.8, 4) is 5.75 Å². The molecule has 1 aliphatic heterocycles. The number of methoxy groups -OCH3 is 1. The van der Waals surface area contributed by atoms with E-state index in [0.717, 1.165) is 50.2 Å². The Labute approximate surface area is 127 Å². The lowest BCUT2D eigenvalue weighted by atomic mass is 9.75. The topological polar surface area (TPSA) is 29.5 Å². The van der Waals surface area contributed by atoms with Crippen LogP contribution in [-0.4, -0.2) is 37.4 Å². The van der Waals surface area contributed by atoms with Crippen LogP contribution in [0.1, 0.15) is 42.6 Å². The Bertz CT molecular complexity index is 542. The summed E-state index contributed by atoms with van der Waals surface area (Å²) in [5, 5.41) is 0. The molecule has 21 heavy (non-hydrogen) atoms. The highest BCUT2D eigenvalue weighted by Crippen LogP contribution is 2.45. The number of fused-ring (bicyclic) bond motifs is 1. The maximum Gasteiger partial charge on any atom is 0.169 e. The van der Waals surface area contributed by atoms with Crippen molar-refractivity contribution in [3.63, 3.8) is 0 Å². The molecule has 3 heteroatoms. The van der Waals surface area contributed by atoms with Gasteiger partial charge in [0.05, 0.1) is 7.11 Å². The number of hydrogen-bond acceptors (Lipinski definition) is 3. The summed E-state index contributed by atoms with van der Waals surface area (Å²) in [5.41, 5.74) is 1.96. The normalized spacial score (nSPS) is 21.0. The predicted octanol–water partition coefficient (Wildman–Crippen LogP) is 3.17. The minimum absolute atomic E-state index is 0.137. The Balaban J connectivity index is 1.76. The first kappa shape index (κ1) is 14.6. The molecule has 2 aliphatic rings. The van der Waals surface area contributed by atoms with Crippen molar-refractivity contribution in [2.75, 3.05) is 26.7 Å². The van der Waals surface area contributed by atoms with E-state index in [1.54, 1.807) is 7.11 Å². The fraction of sp³-hybridized carbons (Fsp3) is 0.611. The lowest BCUT2D eigenvalue weighted by Gasteiger charge is -2.38. The van der Waals surface area contributed by atoms with E-state index in [4.69, 9.17) is 4.74 Å². The minimum Gasteiger partial charge on any atom is -0.497 e. The van der Waals surface area contributed by atoms with Gasteiger partial charge in [-0.3, -0.25) is 4.79 Å². The third-order valence-electron chi connectivity index (χ3n) is 5.01. The van der Waals surface area contributed by atoms with Crippen LogP contribution < -0.4 is 4.74 Å². The fourth-order valence-electron chi connectivity index (χ4n) is 3.86. The largest absolute Gasteiger partial charge is 0.497 e. The molecule has 0 atom stereocenters. The second-order valence-corrected chi connectivity index (χ2v) is 7.00. The SMILES string of the molecule is COc1ccc2c(c1)C(=O)C1(CCN(CC(C)C)CC1)C2. The van der Waals surface area contributed by atoms with Gasteiger partial charge in [-0.15, -0.1) is 0 Å². The Morgan fingerprint density at radius 2 is 2.00 bits per heavy atom. The molecular formula is C18H25NO2. The summed E-state index contributed by atoms with van der Waals surface area (Å²) in [6.07, 6.45) is 2.91. The first-order valence-corrected chi connectivity index (χ1v) is 7.98. The number of likely N-dealkylation sites (tertiary alicyclic amines) is 1. The third kappa shape index (κ3) is 2.59. The highest BCUT2D eigenvalue weighted by molar-refractivity contribution is 6.05. The van der Waals surface area contributed by atoms with E-state index in [2.05, 4.69) is 24.8 Å². The number of benzene rings is 1. The molecule has 0 unspecified atom stereocenters.